The van der Waals surface area contributed by atoms with Gasteiger partial charge < -0.3 is 10.2 Å². The fraction of sp³-hybridized carbons (Fsp3) is 0.667. The average Bonchev–Trinajstić information content (AvgIpc) is 2.63. The van der Waals surface area contributed by atoms with Crippen LogP contribution in [0.4, 0.5) is 0 Å². The van der Waals surface area contributed by atoms with Crippen molar-refractivity contribution in [3.63, 3.8) is 0 Å². The summed E-state index contributed by atoms with van der Waals surface area (Å²) in [5.41, 5.74) is 2.45. The van der Waals surface area contributed by atoms with Crippen LogP contribution < -0.4 is 5.32 Å². The smallest absolute Gasteiger partial charge is 0.0544 e. The van der Waals surface area contributed by atoms with E-state index in [4.69, 9.17) is 0 Å². The lowest BCUT2D eigenvalue weighted by atomic mass is 10.2. The van der Waals surface area contributed by atoms with Crippen LogP contribution in [0, 0.1) is 0 Å². The van der Waals surface area contributed by atoms with E-state index in [1.807, 2.05) is 6.20 Å². The Morgan fingerprint density at radius 2 is 2.11 bits per heavy atom. The first kappa shape index (κ1) is 14.4. The van der Waals surface area contributed by atoms with E-state index in [1.165, 1.54) is 37.3 Å². The first-order valence-corrected chi connectivity index (χ1v) is 7.33. The predicted molar refractivity (Wildman–Crippen MR) is 79.0 cm³/mol. The van der Waals surface area contributed by atoms with Gasteiger partial charge in [0, 0.05) is 32.4 Å². The highest BCUT2D eigenvalue weighted by Gasteiger charge is 2.12. The lowest BCUT2D eigenvalue weighted by Gasteiger charge is -2.19. The molecule has 4 nitrogen and oxygen atoms in total. The third kappa shape index (κ3) is 4.90. The van der Waals surface area contributed by atoms with E-state index in [-0.39, 0.29) is 0 Å². The molecule has 0 saturated carbocycles. The van der Waals surface area contributed by atoms with Crippen molar-refractivity contribution in [2.24, 2.45) is 0 Å². The first-order chi connectivity index (χ1) is 9.28. The molecule has 19 heavy (non-hydrogen) atoms. The summed E-state index contributed by atoms with van der Waals surface area (Å²) >= 11 is 0. The lowest BCUT2D eigenvalue weighted by molar-refractivity contribution is 0.266. The summed E-state index contributed by atoms with van der Waals surface area (Å²) in [7, 11) is 2.21. The van der Waals surface area contributed by atoms with E-state index in [0.717, 1.165) is 26.2 Å². The fourth-order valence-electron chi connectivity index (χ4n) is 2.41. The van der Waals surface area contributed by atoms with E-state index < -0.39 is 0 Å². The molecule has 0 amide bonds. The van der Waals surface area contributed by atoms with Gasteiger partial charge in [-0.15, -0.1) is 0 Å². The summed E-state index contributed by atoms with van der Waals surface area (Å²) in [5, 5.41) is 3.32. The number of rotatable bonds is 5. The van der Waals surface area contributed by atoms with Gasteiger partial charge in [0.05, 0.1) is 5.69 Å². The molecule has 1 N–H and O–H groups in total. The minimum Gasteiger partial charge on any atom is -0.313 e. The van der Waals surface area contributed by atoms with Crippen LogP contribution in [-0.2, 0) is 13.1 Å². The number of hydrogen-bond donors (Lipinski definition) is 1. The highest BCUT2D eigenvalue weighted by molar-refractivity contribution is 5.14. The summed E-state index contributed by atoms with van der Waals surface area (Å²) in [6.07, 6.45) is 3.26. The third-order valence-electron chi connectivity index (χ3n) is 3.66. The van der Waals surface area contributed by atoms with Crippen LogP contribution in [0.5, 0.6) is 0 Å². The standard InChI is InChI=1S/C15H26N4/c1-3-16-11-14-5-6-15(17-12-14)13-19-8-4-7-18(2)9-10-19/h5-6,12,16H,3-4,7-11,13H2,1-2H3. The van der Waals surface area contributed by atoms with Crippen LogP contribution in [0.1, 0.15) is 24.6 Å². The van der Waals surface area contributed by atoms with Gasteiger partial charge in [-0.3, -0.25) is 9.88 Å². The van der Waals surface area contributed by atoms with Crippen LogP contribution in [0.3, 0.4) is 0 Å². The van der Waals surface area contributed by atoms with Crippen molar-refractivity contribution < 1.29 is 0 Å². The summed E-state index contributed by atoms with van der Waals surface area (Å²) in [6, 6.07) is 4.36. The van der Waals surface area contributed by atoms with Crippen molar-refractivity contribution in [3.05, 3.63) is 29.6 Å². The highest BCUT2D eigenvalue weighted by atomic mass is 15.2. The zero-order chi connectivity index (χ0) is 13.5. The van der Waals surface area contributed by atoms with Crippen molar-refractivity contribution in [1.29, 1.82) is 0 Å². The van der Waals surface area contributed by atoms with Crippen molar-refractivity contribution in [2.45, 2.75) is 26.4 Å². The van der Waals surface area contributed by atoms with E-state index in [0.29, 0.717) is 0 Å². The molecule has 1 aliphatic rings. The first-order valence-electron chi connectivity index (χ1n) is 7.33. The fourth-order valence-corrected chi connectivity index (χ4v) is 2.41. The second-order valence-corrected chi connectivity index (χ2v) is 5.37. The Hall–Kier alpha value is -0.970. The number of likely N-dealkylation sites (N-methyl/N-ethyl adjacent to an activating group) is 1. The Labute approximate surface area is 116 Å². The van der Waals surface area contributed by atoms with Crippen molar-refractivity contribution in [1.82, 2.24) is 20.1 Å². The van der Waals surface area contributed by atoms with Gasteiger partial charge in [0.1, 0.15) is 0 Å². The summed E-state index contributed by atoms with van der Waals surface area (Å²) in [4.78, 5) is 9.50. The second kappa shape index (κ2) is 7.58. The van der Waals surface area contributed by atoms with Crippen molar-refractivity contribution >= 4 is 0 Å². The van der Waals surface area contributed by atoms with Crippen LogP contribution in [0.25, 0.3) is 0 Å². The molecule has 0 unspecified atom stereocenters. The molecule has 0 radical (unpaired) electrons. The Morgan fingerprint density at radius 1 is 1.21 bits per heavy atom. The van der Waals surface area contributed by atoms with Gasteiger partial charge in [0.25, 0.3) is 0 Å². The van der Waals surface area contributed by atoms with E-state index in [2.05, 4.69) is 46.2 Å². The molecule has 4 heteroatoms. The summed E-state index contributed by atoms with van der Waals surface area (Å²) in [6.45, 7) is 9.74. The highest BCUT2D eigenvalue weighted by Crippen LogP contribution is 2.07. The molecule has 2 heterocycles. The quantitative estimate of drug-likeness (QED) is 0.867. The van der Waals surface area contributed by atoms with Gasteiger partial charge in [-0.25, -0.2) is 0 Å². The molecule has 0 aromatic carbocycles. The van der Waals surface area contributed by atoms with Gasteiger partial charge >= 0.3 is 0 Å². The minimum absolute atomic E-state index is 0.915. The molecular formula is C15H26N4. The van der Waals surface area contributed by atoms with E-state index in [1.54, 1.807) is 0 Å². The Balaban J connectivity index is 1.84. The Bertz CT molecular complexity index is 363. The van der Waals surface area contributed by atoms with Crippen LogP contribution in [0.15, 0.2) is 18.3 Å². The average molecular weight is 262 g/mol. The van der Waals surface area contributed by atoms with Crippen molar-refractivity contribution in [2.75, 3.05) is 39.8 Å². The number of nitrogens with zero attached hydrogens (tertiary/aromatic N) is 3. The predicted octanol–water partition coefficient (Wildman–Crippen LogP) is 1.33. The topological polar surface area (TPSA) is 31.4 Å². The number of pyridine rings is 1. The van der Waals surface area contributed by atoms with Gasteiger partial charge in [-0.05, 0) is 44.7 Å². The van der Waals surface area contributed by atoms with E-state index in [9.17, 15) is 0 Å². The molecule has 0 bridgehead atoms. The Kier molecular flexibility index (Phi) is 5.76. The summed E-state index contributed by atoms with van der Waals surface area (Å²) in [5.74, 6) is 0. The van der Waals surface area contributed by atoms with Gasteiger partial charge in [0.15, 0.2) is 0 Å². The zero-order valence-corrected chi connectivity index (χ0v) is 12.2. The lowest BCUT2D eigenvalue weighted by Crippen LogP contribution is -2.28. The molecule has 2 rings (SSSR count). The molecule has 106 valence electrons. The summed E-state index contributed by atoms with van der Waals surface area (Å²) < 4.78 is 0. The van der Waals surface area contributed by atoms with Gasteiger partial charge in [-0.1, -0.05) is 13.0 Å². The minimum atomic E-state index is 0.915. The molecular weight excluding hydrogens is 236 g/mol. The van der Waals surface area contributed by atoms with Gasteiger partial charge in [0.2, 0.25) is 0 Å². The van der Waals surface area contributed by atoms with Crippen molar-refractivity contribution in [3.8, 4) is 0 Å². The maximum Gasteiger partial charge on any atom is 0.0544 e. The molecule has 0 spiro atoms. The molecule has 1 fully saturated rings. The van der Waals surface area contributed by atoms with Gasteiger partial charge in [-0.2, -0.15) is 0 Å². The molecule has 1 saturated heterocycles. The third-order valence-corrected chi connectivity index (χ3v) is 3.66. The molecule has 1 aromatic heterocycles. The number of nitrogens with one attached hydrogen (secondary N) is 1. The largest absolute Gasteiger partial charge is 0.313 e. The SMILES string of the molecule is CCNCc1ccc(CN2CCCN(C)CC2)nc1. The zero-order valence-electron chi connectivity index (χ0n) is 12.2. The second-order valence-electron chi connectivity index (χ2n) is 5.37. The molecule has 1 aromatic rings. The molecule has 0 aliphatic carbocycles. The Morgan fingerprint density at radius 3 is 2.84 bits per heavy atom. The normalized spacial score (nSPS) is 18.4. The molecule has 0 atom stereocenters. The monoisotopic (exact) mass is 262 g/mol. The number of hydrogen-bond acceptors (Lipinski definition) is 4. The number of aromatic nitrogens is 1. The maximum atomic E-state index is 4.58. The molecule has 1 aliphatic heterocycles. The maximum absolute atomic E-state index is 4.58. The van der Waals surface area contributed by atoms with Crippen LogP contribution in [0.2, 0.25) is 0 Å². The van der Waals surface area contributed by atoms with Crippen LogP contribution in [-0.4, -0.2) is 54.6 Å². The van der Waals surface area contributed by atoms with Crippen LogP contribution >= 0.6 is 0 Å². The van der Waals surface area contributed by atoms with E-state index >= 15 is 0 Å².